The number of aliphatic hydroxyl groups is 1. The molecule has 3 N–H and O–H groups in total. The zero-order chi connectivity index (χ0) is 20.9. The van der Waals surface area contributed by atoms with Crippen molar-refractivity contribution in [1.29, 1.82) is 0 Å². The topological polar surface area (TPSA) is 87.4 Å². The smallest absolute Gasteiger partial charge is 0.191 e. The lowest BCUT2D eigenvalue weighted by molar-refractivity contribution is 0.0616. The number of aryl methyl sites for hydroxylation is 2. The highest BCUT2D eigenvalue weighted by Crippen LogP contribution is 2.28. The predicted molar refractivity (Wildman–Crippen MR) is 133 cm³/mol. The van der Waals surface area contributed by atoms with E-state index in [1.54, 1.807) is 29.1 Å². The minimum atomic E-state index is -1.05. The lowest BCUT2D eigenvalue weighted by atomic mass is 10.00. The van der Waals surface area contributed by atoms with Gasteiger partial charge in [-0.1, -0.05) is 30.3 Å². The maximum atomic E-state index is 10.8. The van der Waals surface area contributed by atoms with Crippen molar-refractivity contribution in [3.8, 4) is 10.6 Å². The first kappa shape index (κ1) is 24.3. The van der Waals surface area contributed by atoms with Crippen LogP contribution in [-0.2, 0) is 19.2 Å². The van der Waals surface area contributed by atoms with Crippen LogP contribution >= 0.6 is 35.3 Å². The van der Waals surface area contributed by atoms with Gasteiger partial charge in [-0.15, -0.1) is 35.3 Å². The van der Waals surface area contributed by atoms with Crippen LogP contribution in [0, 0.1) is 6.92 Å². The summed E-state index contributed by atoms with van der Waals surface area (Å²) in [6.07, 6.45) is 3.50. The summed E-state index contributed by atoms with van der Waals surface area (Å²) in [4.78, 5) is 10.5. The normalized spacial score (nSPS) is 13.4. The molecule has 0 bridgehead atoms. The SMILES string of the molecule is CCNC(=NCc1sc(-c2ccccc2)nc1C)NCC(C)(O)c1cnn(C)c1.I. The molecule has 0 aliphatic carbocycles. The molecular formula is C21H29IN6OS. The van der Waals surface area contributed by atoms with Crippen LogP contribution in [0.5, 0.6) is 0 Å². The zero-order valence-corrected chi connectivity index (χ0v) is 20.9. The van der Waals surface area contributed by atoms with Crippen LogP contribution in [0.1, 0.15) is 30.0 Å². The van der Waals surface area contributed by atoms with Gasteiger partial charge < -0.3 is 15.7 Å². The van der Waals surface area contributed by atoms with Gasteiger partial charge in [0.05, 0.1) is 25.0 Å². The molecule has 1 aromatic carbocycles. The van der Waals surface area contributed by atoms with Gasteiger partial charge in [0.2, 0.25) is 0 Å². The Bertz CT molecular complexity index is 967. The first-order chi connectivity index (χ1) is 13.9. The molecule has 7 nitrogen and oxygen atoms in total. The van der Waals surface area contributed by atoms with E-state index >= 15 is 0 Å². The number of hydrogen-bond acceptors (Lipinski definition) is 5. The molecule has 0 saturated heterocycles. The third kappa shape index (κ3) is 6.26. The Morgan fingerprint density at radius 2 is 2.00 bits per heavy atom. The maximum Gasteiger partial charge on any atom is 0.191 e. The Kier molecular flexibility index (Phi) is 8.80. The van der Waals surface area contributed by atoms with E-state index < -0.39 is 5.60 Å². The van der Waals surface area contributed by atoms with Crippen LogP contribution in [0.4, 0.5) is 0 Å². The van der Waals surface area contributed by atoms with E-state index in [9.17, 15) is 5.11 Å². The van der Waals surface area contributed by atoms with Gasteiger partial charge in [0.15, 0.2) is 5.96 Å². The molecule has 0 saturated carbocycles. The van der Waals surface area contributed by atoms with E-state index in [-0.39, 0.29) is 24.0 Å². The summed E-state index contributed by atoms with van der Waals surface area (Å²) >= 11 is 1.66. The monoisotopic (exact) mass is 540 g/mol. The summed E-state index contributed by atoms with van der Waals surface area (Å²) < 4.78 is 1.68. The lowest BCUT2D eigenvalue weighted by Gasteiger charge is -2.23. The van der Waals surface area contributed by atoms with Crippen LogP contribution in [0.2, 0.25) is 0 Å². The molecule has 3 rings (SSSR count). The number of halogens is 1. The number of benzene rings is 1. The zero-order valence-electron chi connectivity index (χ0n) is 17.7. The second-order valence-electron chi connectivity index (χ2n) is 7.12. The van der Waals surface area contributed by atoms with Gasteiger partial charge in [-0.3, -0.25) is 4.68 Å². The standard InChI is InChI=1S/C21H28N6OS.HI/c1-5-22-20(24-14-21(3,28)17-11-25-27(4)13-17)23-12-18-15(2)26-19(29-18)16-9-7-6-8-10-16;/h6-11,13,28H,5,12,14H2,1-4H3,(H2,22,23,24);1H. The third-order valence-electron chi connectivity index (χ3n) is 4.57. The highest BCUT2D eigenvalue weighted by Gasteiger charge is 2.25. The minimum Gasteiger partial charge on any atom is -0.383 e. The Labute approximate surface area is 198 Å². The fraction of sp³-hybridized carbons (Fsp3) is 0.381. The number of rotatable bonds is 7. The van der Waals surface area contributed by atoms with E-state index in [0.717, 1.165) is 33.3 Å². The molecule has 2 heterocycles. The number of hydrogen-bond donors (Lipinski definition) is 3. The fourth-order valence-corrected chi connectivity index (χ4v) is 3.82. The highest BCUT2D eigenvalue weighted by atomic mass is 127. The molecule has 9 heteroatoms. The summed E-state index contributed by atoms with van der Waals surface area (Å²) in [7, 11) is 1.83. The number of nitrogens with one attached hydrogen (secondary N) is 2. The van der Waals surface area contributed by atoms with E-state index in [1.165, 1.54) is 0 Å². The molecule has 0 aliphatic heterocycles. The quantitative estimate of drug-likeness (QED) is 0.243. The average molecular weight is 540 g/mol. The summed E-state index contributed by atoms with van der Waals surface area (Å²) in [6, 6.07) is 10.2. The summed E-state index contributed by atoms with van der Waals surface area (Å²) in [6.45, 7) is 7.38. The first-order valence-electron chi connectivity index (χ1n) is 9.64. The Morgan fingerprint density at radius 3 is 2.63 bits per heavy atom. The second kappa shape index (κ2) is 10.9. The van der Waals surface area contributed by atoms with Gasteiger partial charge in [-0.05, 0) is 20.8 Å². The van der Waals surface area contributed by atoms with Gasteiger partial charge in [-0.2, -0.15) is 5.10 Å². The molecule has 30 heavy (non-hydrogen) atoms. The highest BCUT2D eigenvalue weighted by molar-refractivity contribution is 14.0. The van der Waals surface area contributed by atoms with Crippen LogP contribution < -0.4 is 10.6 Å². The van der Waals surface area contributed by atoms with Crippen molar-refractivity contribution in [2.24, 2.45) is 12.0 Å². The van der Waals surface area contributed by atoms with Gasteiger partial charge in [0, 0.05) is 35.8 Å². The Balaban J connectivity index is 0.00000320. The van der Waals surface area contributed by atoms with Crippen LogP contribution in [0.25, 0.3) is 10.6 Å². The third-order valence-corrected chi connectivity index (χ3v) is 5.76. The van der Waals surface area contributed by atoms with Crippen molar-refractivity contribution in [3.05, 3.63) is 58.9 Å². The molecule has 1 unspecified atom stereocenters. The molecule has 0 aliphatic rings. The van der Waals surface area contributed by atoms with E-state index in [0.29, 0.717) is 19.0 Å². The van der Waals surface area contributed by atoms with E-state index in [1.807, 2.05) is 45.3 Å². The van der Waals surface area contributed by atoms with Gasteiger partial charge in [-0.25, -0.2) is 9.98 Å². The van der Waals surface area contributed by atoms with Gasteiger partial charge in [0.1, 0.15) is 10.6 Å². The van der Waals surface area contributed by atoms with Crippen LogP contribution in [0.3, 0.4) is 0 Å². The predicted octanol–water partition coefficient (Wildman–Crippen LogP) is 3.43. The number of aromatic nitrogens is 3. The lowest BCUT2D eigenvalue weighted by Crippen LogP contribution is -2.44. The molecule has 0 fully saturated rings. The summed E-state index contributed by atoms with van der Waals surface area (Å²) in [5, 5.41) is 22.4. The van der Waals surface area contributed by atoms with Crippen molar-refractivity contribution < 1.29 is 5.11 Å². The Hall–Kier alpha value is -1.98. The van der Waals surface area contributed by atoms with E-state index in [4.69, 9.17) is 4.98 Å². The minimum absolute atomic E-state index is 0. The molecule has 0 radical (unpaired) electrons. The van der Waals surface area contributed by atoms with Crippen LogP contribution in [0.15, 0.2) is 47.7 Å². The Morgan fingerprint density at radius 1 is 1.27 bits per heavy atom. The van der Waals surface area contributed by atoms with Crippen molar-refractivity contribution in [3.63, 3.8) is 0 Å². The van der Waals surface area contributed by atoms with Crippen molar-refractivity contribution in [1.82, 2.24) is 25.4 Å². The molecule has 0 spiro atoms. The largest absolute Gasteiger partial charge is 0.383 e. The molecule has 2 aromatic heterocycles. The molecule has 0 amide bonds. The molecular weight excluding hydrogens is 511 g/mol. The van der Waals surface area contributed by atoms with Gasteiger partial charge >= 0.3 is 0 Å². The number of nitrogens with zero attached hydrogens (tertiary/aromatic N) is 4. The number of aliphatic imine (C=N–C) groups is 1. The number of thiazole rings is 1. The number of guanidine groups is 1. The second-order valence-corrected chi connectivity index (χ2v) is 8.20. The first-order valence-corrected chi connectivity index (χ1v) is 10.5. The van der Waals surface area contributed by atoms with Crippen LogP contribution in [-0.4, -0.2) is 38.9 Å². The fourth-order valence-electron chi connectivity index (χ4n) is 2.83. The van der Waals surface area contributed by atoms with Crippen molar-refractivity contribution >= 4 is 41.3 Å². The molecule has 3 aromatic rings. The summed E-state index contributed by atoms with van der Waals surface area (Å²) in [5.74, 6) is 0.658. The molecule has 1 atom stereocenters. The van der Waals surface area contributed by atoms with E-state index in [2.05, 4.69) is 32.9 Å². The van der Waals surface area contributed by atoms with Crippen molar-refractivity contribution in [2.75, 3.05) is 13.1 Å². The molecule has 162 valence electrons. The summed E-state index contributed by atoms with van der Waals surface area (Å²) in [5.41, 5.74) is 1.82. The average Bonchev–Trinajstić information content (AvgIpc) is 3.31. The van der Waals surface area contributed by atoms with Crippen molar-refractivity contribution in [2.45, 2.75) is 32.9 Å². The maximum absolute atomic E-state index is 10.8. The van der Waals surface area contributed by atoms with Gasteiger partial charge in [0.25, 0.3) is 0 Å².